The van der Waals surface area contributed by atoms with Crippen LogP contribution in [0.4, 0.5) is 4.79 Å². The van der Waals surface area contributed by atoms with Crippen LogP contribution in [-0.2, 0) is 14.3 Å². The van der Waals surface area contributed by atoms with Crippen LogP contribution in [0.25, 0.3) is 11.1 Å². The van der Waals surface area contributed by atoms with Crippen LogP contribution in [0.15, 0.2) is 48.5 Å². The normalized spacial score (nSPS) is 20.7. The van der Waals surface area contributed by atoms with Crippen LogP contribution in [0.1, 0.15) is 69.4 Å². The Hall–Kier alpha value is -3.35. The minimum Gasteiger partial charge on any atom is -0.481 e. The lowest BCUT2D eigenvalue weighted by Crippen LogP contribution is -2.60. The summed E-state index contributed by atoms with van der Waals surface area (Å²) >= 11 is 0. The Balaban J connectivity index is 1.42. The molecule has 1 unspecified atom stereocenters. The van der Waals surface area contributed by atoms with Gasteiger partial charge in [-0.1, -0.05) is 74.7 Å². The molecule has 7 nitrogen and oxygen atoms in total. The van der Waals surface area contributed by atoms with Gasteiger partial charge in [0.1, 0.15) is 12.1 Å². The Bertz CT molecular complexity index is 1050. The minimum absolute atomic E-state index is 0.0713. The summed E-state index contributed by atoms with van der Waals surface area (Å²) in [4.78, 5) is 37.8. The van der Waals surface area contributed by atoms with Gasteiger partial charge in [-0.3, -0.25) is 9.59 Å². The van der Waals surface area contributed by atoms with E-state index in [1.165, 1.54) is 0 Å². The molecule has 0 radical (unpaired) electrons. The highest BCUT2D eigenvalue weighted by Crippen LogP contribution is 2.44. The topological polar surface area (TPSA) is 105 Å². The van der Waals surface area contributed by atoms with Crippen molar-refractivity contribution in [1.29, 1.82) is 0 Å². The maximum absolute atomic E-state index is 13.2. The Kier molecular flexibility index (Phi) is 7.43. The summed E-state index contributed by atoms with van der Waals surface area (Å²) in [7, 11) is 0. The number of hydrogen-bond acceptors (Lipinski definition) is 4. The number of alkyl carbamates (subject to hydrolysis) is 1. The van der Waals surface area contributed by atoms with Crippen LogP contribution < -0.4 is 10.6 Å². The summed E-state index contributed by atoms with van der Waals surface area (Å²) in [6.45, 7) is 3.77. The van der Waals surface area contributed by atoms with Gasteiger partial charge in [-0.05, 0) is 48.4 Å². The van der Waals surface area contributed by atoms with Gasteiger partial charge < -0.3 is 20.5 Å². The molecule has 0 heterocycles. The SMILES string of the molecule is CCCC(C)(NC(=O)OCC1c2ccccc2-c2ccccc21)C(=O)N[C@H]1CCCC[C@H]1C(=O)O. The quantitative estimate of drug-likeness (QED) is 0.503. The summed E-state index contributed by atoms with van der Waals surface area (Å²) in [5.41, 5.74) is 3.33. The van der Waals surface area contributed by atoms with Crippen LogP contribution in [0.3, 0.4) is 0 Å². The summed E-state index contributed by atoms with van der Waals surface area (Å²) in [5, 5.41) is 15.2. The number of nitrogens with one attached hydrogen (secondary N) is 2. The number of benzene rings is 2. The van der Waals surface area contributed by atoms with Crippen molar-refractivity contribution in [3.05, 3.63) is 59.7 Å². The van der Waals surface area contributed by atoms with Crippen LogP contribution in [0, 0.1) is 5.92 Å². The first-order valence-corrected chi connectivity index (χ1v) is 12.5. The fourth-order valence-corrected chi connectivity index (χ4v) is 5.52. The van der Waals surface area contributed by atoms with Gasteiger partial charge in [-0.25, -0.2) is 4.79 Å². The number of rotatable bonds is 8. The van der Waals surface area contributed by atoms with Crippen molar-refractivity contribution < 1.29 is 24.2 Å². The standard InChI is InChI=1S/C28H34N2O5/c1-3-16-28(2,26(33)29-24-15-9-8-14-22(24)25(31)32)30-27(34)35-17-23-20-12-6-4-10-18(20)19-11-5-7-13-21(19)23/h4-7,10-13,22-24H,3,8-9,14-17H2,1-2H3,(H,29,33)(H,30,34)(H,31,32)/t22-,24+,28?/m1/s1. The van der Waals surface area contributed by atoms with Crippen molar-refractivity contribution in [2.75, 3.05) is 6.61 Å². The van der Waals surface area contributed by atoms with E-state index in [4.69, 9.17) is 4.74 Å². The zero-order valence-electron chi connectivity index (χ0n) is 20.4. The number of aliphatic carboxylic acids is 1. The molecule has 0 saturated heterocycles. The van der Waals surface area contributed by atoms with E-state index in [9.17, 15) is 19.5 Å². The minimum atomic E-state index is -1.20. The second kappa shape index (κ2) is 10.5. The van der Waals surface area contributed by atoms with Crippen molar-refractivity contribution in [3.8, 4) is 11.1 Å². The fourth-order valence-electron chi connectivity index (χ4n) is 5.52. The predicted molar refractivity (Wildman–Crippen MR) is 133 cm³/mol. The molecular formula is C28H34N2O5. The number of ether oxygens (including phenoxy) is 1. The van der Waals surface area contributed by atoms with Gasteiger partial charge in [0.05, 0.1) is 5.92 Å². The van der Waals surface area contributed by atoms with Crippen LogP contribution in [-0.4, -0.2) is 41.3 Å². The number of hydrogen-bond donors (Lipinski definition) is 3. The van der Waals surface area contributed by atoms with Gasteiger partial charge in [0, 0.05) is 12.0 Å². The molecule has 0 bridgehead atoms. The van der Waals surface area contributed by atoms with E-state index in [1.54, 1.807) is 6.92 Å². The smallest absolute Gasteiger partial charge is 0.408 e. The third kappa shape index (κ3) is 5.19. The monoisotopic (exact) mass is 478 g/mol. The van der Waals surface area contributed by atoms with Crippen LogP contribution in [0.2, 0.25) is 0 Å². The van der Waals surface area contributed by atoms with Gasteiger partial charge >= 0.3 is 12.1 Å². The maximum Gasteiger partial charge on any atom is 0.408 e. The molecule has 0 aromatic heterocycles. The highest BCUT2D eigenvalue weighted by Gasteiger charge is 2.39. The highest BCUT2D eigenvalue weighted by atomic mass is 16.5. The molecule has 2 aromatic rings. The Morgan fingerprint density at radius 1 is 1.00 bits per heavy atom. The zero-order valence-corrected chi connectivity index (χ0v) is 20.4. The number of fused-ring (bicyclic) bond motifs is 3. The van der Waals surface area contributed by atoms with Crippen molar-refractivity contribution >= 4 is 18.0 Å². The maximum atomic E-state index is 13.2. The largest absolute Gasteiger partial charge is 0.481 e. The molecule has 2 aromatic carbocycles. The number of carbonyl (C=O) groups is 3. The molecule has 0 spiro atoms. The fraction of sp³-hybridized carbons (Fsp3) is 0.464. The van der Waals surface area contributed by atoms with E-state index >= 15 is 0 Å². The third-order valence-corrected chi connectivity index (χ3v) is 7.37. The molecule has 1 saturated carbocycles. The van der Waals surface area contributed by atoms with Gasteiger partial charge in [0.25, 0.3) is 0 Å². The third-order valence-electron chi connectivity index (χ3n) is 7.37. The van der Waals surface area contributed by atoms with Gasteiger partial charge in [0.15, 0.2) is 0 Å². The van der Waals surface area contributed by atoms with E-state index in [0.29, 0.717) is 25.7 Å². The second-order valence-electron chi connectivity index (χ2n) is 9.84. The Morgan fingerprint density at radius 3 is 2.20 bits per heavy atom. The zero-order chi connectivity index (χ0) is 25.0. The summed E-state index contributed by atoms with van der Waals surface area (Å²) in [5.74, 6) is -1.94. The van der Waals surface area contributed by atoms with Crippen molar-refractivity contribution in [2.45, 2.75) is 69.9 Å². The highest BCUT2D eigenvalue weighted by molar-refractivity contribution is 5.90. The summed E-state index contributed by atoms with van der Waals surface area (Å²) in [6.07, 6.45) is 3.30. The first-order valence-electron chi connectivity index (χ1n) is 12.5. The molecule has 2 amide bonds. The average Bonchev–Trinajstić information content (AvgIpc) is 3.17. The molecule has 3 N–H and O–H groups in total. The Morgan fingerprint density at radius 2 is 1.60 bits per heavy atom. The predicted octanol–water partition coefficient (Wildman–Crippen LogP) is 4.84. The molecule has 186 valence electrons. The second-order valence-corrected chi connectivity index (χ2v) is 9.84. The van der Waals surface area contributed by atoms with Gasteiger partial charge in [-0.2, -0.15) is 0 Å². The number of amides is 2. The number of carboxylic acids is 1. The molecule has 0 aliphatic heterocycles. The number of carbonyl (C=O) groups excluding carboxylic acids is 2. The number of carboxylic acid groups (broad SMARTS) is 1. The lowest BCUT2D eigenvalue weighted by Gasteiger charge is -2.34. The average molecular weight is 479 g/mol. The molecule has 1 fully saturated rings. The van der Waals surface area contributed by atoms with Gasteiger partial charge in [0.2, 0.25) is 5.91 Å². The van der Waals surface area contributed by atoms with Crippen molar-refractivity contribution in [3.63, 3.8) is 0 Å². The van der Waals surface area contributed by atoms with E-state index < -0.39 is 29.6 Å². The summed E-state index contributed by atoms with van der Waals surface area (Å²) in [6, 6.07) is 15.8. The molecule has 2 aliphatic rings. The molecular weight excluding hydrogens is 444 g/mol. The van der Waals surface area contributed by atoms with Crippen molar-refractivity contribution in [1.82, 2.24) is 10.6 Å². The first kappa shape index (κ1) is 24.8. The molecule has 35 heavy (non-hydrogen) atoms. The van der Waals surface area contributed by atoms with E-state index in [2.05, 4.69) is 34.9 Å². The van der Waals surface area contributed by atoms with Crippen molar-refractivity contribution in [2.24, 2.45) is 5.92 Å². The van der Waals surface area contributed by atoms with Crippen LogP contribution in [0.5, 0.6) is 0 Å². The molecule has 4 rings (SSSR count). The summed E-state index contributed by atoms with van der Waals surface area (Å²) < 4.78 is 5.66. The molecule has 2 aliphatic carbocycles. The van der Waals surface area contributed by atoms with E-state index in [1.807, 2.05) is 31.2 Å². The van der Waals surface area contributed by atoms with Crippen LogP contribution >= 0.6 is 0 Å². The van der Waals surface area contributed by atoms with Gasteiger partial charge in [-0.15, -0.1) is 0 Å². The lowest BCUT2D eigenvalue weighted by molar-refractivity contribution is -0.144. The van der Waals surface area contributed by atoms with E-state index in [0.717, 1.165) is 35.1 Å². The molecule has 7 heteroatoms. The molecule has 3 atom stereocenters. The van der Waals surface area contributed by atoms with E-state index in [-0.39, 0.29) is 18.4 Å². The Labute approximate surface area is 206 Å². The lowest BCUT2D eigenvalue weighted by atomic mass is 9.83. The first-order chi connectivity index (χ1) is 16.8.